The molecule has 1 aromatic rings. The highest BCUT2D eigenvalue weighted by Crippen LogP contribution is 2.04. The molecule has 0 aliphatic carbocycles. The Balaban J connectivity index is 1.91. The molecule has 0 unspecified atom stereocenters. The Labute approximate surface area is 76.9 Å². The molecular weight excluding hydrogens is 166 g/mol. The van der Waals surface area contributed by atoms with Crippen LogP contribution in [-0.2, 0) is 4.79 Å². The van der Waals surface area contributed by atoms with Crippen molar-refractivity contribution in [2.45, 2.75) is 18.9 Å². The molecule has 2 rings (SSSR count). The Morgan fingerprint density at radius 2 is 2.23 bits per heavy atom. The van der Waals surface area contributed by atoms with E-state index in [2.05, 4.69) is 10.7 Å². The Morgan fingerprint density at radius 3 is 2.85 bits per heavy atom. The topological polar surface area (TPSA) is 46.1 Å². The maximum absolute atomic E-state index is 11.5. The molecule has 1 aromatic heterocycles. The SMILES string of the molecule is O=C(Nn1cccc1)[C@@H]1CCCN1. The third kappa shape index (κ3) is 1.89. The van der Waals surface area contributed by atoms with Crippen LogP contribution in [0.4, 0.5) is 0 Å². The van der Waals surface area contributed by atoms with Gasteiger partial charge in [-0.1, -0.05) is 0 Å². The van der Waals surface area contributed by atoms with Gasteiger partial charge in [0.2, 0.25) is 0 Å². The Hall–Kier alpha value is -1.29. The summed E-state index contributed by atoms with van der Waals surface area (Å²) in [6.07, 6.45) is 5.65. The lowest BCUT2D eigenvalue weighted by Gasteiger charge is -2.11. The second-order valence-corrected chi connectivity index (χ2v) is 3.22. The van der Waals surface area contributed by atoms with Gasteiger partial charge in [0.25, 0.3) is 5.91 Å². The van der Waals surface area contributed by atoms with E-state index in [4.69, 9.17) is 0 Å². The summed E-state index contributed by atoms with van der Waals surface area (Å²) in [4.78, 5) is 11.5. The van der Waals surface area contributed by atoms with Gasteiger partial charge in [-0.05, 0) is 31.5 Å². The van der Waals surface area contributed by atoms with E-state index in [1.165, 1.54) is 0 Å². The van der Waals surface area contributed by atoms with E-state index in [9.17, 15) is 4.79 Å². The molecule has 2 heterocycles. The van der Waals surface area contributed by atoms with Crippen LogP contribution in [0.15, 0.2) is 24.5 Å². The minimum absolute atomic E-state index is 0.0117. The summed E-state index contributed by atoms with van der Waals surface area (Å²) in [6.45, 7) is 0.948. The van der Waals surface area contributed by atoms with Crippen LogP contribution in [0.3, 0.4) is 0 Å². The van der Waals surface area contributed by atoms with Crippen molar-refractivity contribution in [2.24, 2.45) is 0 Å². The molecule has 70 valence electrons. The predicted octanol–water partition coefficient (Wildman–Crippen LogP) is 0.310. The number of carbonyl (C=O) groups is 1. The Bertz CT molecular complexity index is 275. The Morgan fingerprint density at radius 1 is 1.46 bits per heavy atom. The van der Waals surface area contributed by atoms with E-state index >= 15 is 0 Å². The monoisotopic (exact) mass is 179 g/mol. The van der Waals surface area contributed by atoms with E-state index < -0.39 is 0 Å². The quantitative estimate of drug-likeness (QED) is 0.686. The molecule has 0 aromatic carbocycles. The van der Waals surface area contributed by atoms with Gasteiger partial charge in [0.15, 0.2) is 0 Å². The third-order valence-electron chi connectivity index (χ3n) is 2.22. The average Bonchev–Trinajstić information content (AvgIpc) is 2.74. The van der Waals surface area contributed by atoms with Gasteiger partial charge in [0.05, 0.1) is 6.04 Å². The van der Waals surface area contributed by atoms with Crippen LogP contribution in [0.5, 0.6) is 0 Å². The smallest absolute Gasteiger partial charge is 0.255 e. The Kier molecular flexibility index (Phi) is 2.31. The highest BCUT2D eigenvalue weighted by Gasteiger charge is 2.21. The minimum atomic E-state index is -0.0117. The largest absolute Gasteiger partial charge is 0.306 e. The van der Waals surface area contributed by atoms with Crippen molar-refractivity contribution in [3.05, 3.63) is 24.5 Å². The van der Waals surface area contributed by atoms with E-state index in [-0.39, 0.29) is 11.9 Å². The molecule has 0 radical (unpaired) electrons. The van der Waals surface area contributed by atoms with Crippen molar-refractivity contribution >= 4 is 5.91 Å². The number of aromatic nitrogens is 1. The highest BCUT2D eigenvalue weighted by molar-refractivity contribution is 5.88. The van der Waals surface area contributed by atoms with Crippen LogP contribution in [-0.4, -0.2) is 23.2 Å². The second-order valence-electron chi connectivity index (χ2n) is 3.22. The van der Waals surface area contributed by atoms with Crippen molar-refractivity contribution in [2.75, 3.05) is 12.0 Å². The van der Waals surface area contributed by atoms with Crippen molar-refractivity contribution in [1.29, 1.82) is 0 Å². The minimum Gasteiger partial charge on any atom is -0.306 e. The zero-order chi connectivity index (χ0) is 9.10. The number of nitrogens with zero attached hydrogens (tertiary/aromatic N) is 1. The summed E-state index contributed by atoms with van der Waals surface area (Å²) in [6, 6.07) is 3.74. The fourth-order valence-corrected chi connectivity index (χ4v) is 1.52. The third-order valence-corrected chi connectivity index (χ3v) is 2.22. The molecule has 1 amide bonds. The molecule has 4 nitrogen and oxygen atoms in total. The van der Waals surface area contributed by atoms with Crippen molar-refractivity contribution in [3.63, 3.8) is 0 Å². The van der Waals surface area contributed by atoms with Crippen LogP contribution < -0.4 is 10.7 Å². The zero-order valence-corrected chi connectivity index (χ0v) is 7.36. The van der Waals surface area contributed by atoms with Gasteiger partial charge in [0, 0.05) is 12.4 Å². The summed E-state index contributed by atoms with van der Waals surface area (Å²) < 4.78 is 1.67. The van der Waals surface area contributed by atoms with E-state index in [0.29, 0.717) is 0 Å². The molecule has 4 heteroatoms. The van der Waals surface area contributed by atoms with Gasteiger partial charge in [-0.15, -0.1) is 0 Å². The number of nitrogens with one attached hydrogen (secondary N) is 2. The fraction of sp³-hybridized carbons (Fsp3) is 0.444. The first-order chi connectivity index (χ1) is 6.36. The molecule has 0 bridgehead atoms. The average molecular weight is 179 g/mol. The van der Waals surface area contributed by atoms with E-state index in [1.807, 2.05) is 24.5 Å². The van der Waals surface area contributed by atoms with Gasteiger partial charge >= 0.3 is 0 Å². The number of hydrogen-bond donors (Lipinski definition) is 2. The lowest BCUT2D eigenvalue weighted by atomic mass is 10.2. The van der Waals surface area contributed by atoms with Gasteiger partial charge < -0.3 is 5.32 Å². The van der Waals surface area contributed by atoms with Crippen molar-refractivity contribution < 1.29 is 4.79 Å². The maximum Gasteiger partial charge on any atom is 0.255 e. The summed E-state index contributed by atoms with van der Waals surface area (Å²) in [7, 11) is 0. The summed E-state index contributed by atoms with van der Waals surface area (Å²) in [5, 5.41) is 3.14. The van der Waals surface area contributed by atoms with Gasteiger partial charge in [-0.3, -0.25) is 14.9 Å². The number of amides is 1. The van der Waals surface area contributed by atoms with E-state index in [1.54, 1.807) is 4.68 Å². The molecule has 0 spiro atoms. The summed E-state index contributed by atoms with van der Waals surface area (Å²) >= 11 is 0. The standard InChI is InChI=1S/C9H13N3O/c13-9(8-4-3-5-10-8)11-12-6-1-2-7-12/h1-2,6-8,10H,3-5H2,(H,11,13)/t8-/m0/s1. The molecule has 2 N–H and O–H groups in total. The first kappa shape index (κ1) is 8.31. The van der Waals surface area contributed by atoms with Crippen molar-refractivity contribution in [1.82, 2.24) is 9.99 Å². The fourth-order valence-electron chi connectivity index (χ4n) is 1.52. The van der Waals surface area contributed by atoms with Crippen LogP contribution in [0, 0.1) is 0 Å². The molecule has 1 aliphatic heterocycles. The van der Waals surface area contributed by atoms with Crippen molar-refractivity contribution in [3.8, 4) is 0 Å². The van der Waals surface area contributed by atoms with Crippen LogP contribution in [0.25, 0.3) is 0 Å². The molecule has 1 fully saturated rings. The first-order valence-corrected chi connectivity index (χ1v) is 4.53. The zero-order valence-electron chi connectivity index (χ0n) is 7.36. The molecule has 13 heavy (non-hydrogen) atoms. The first-order valence-electron chi connectivity index (χ1n) is 4.53. The summed E-state index contributed by atoms with van der Waals surface area (Å²) in [5.74, 6) is 0.0497. The number of hydrogen-bond acceptors (Lipinski definition) is 2. The number of rotatable bonds is 2. The second kappa shape index (κ2) is 3.62. The van der Waals surface area contributed by atoms with Gasteiger partial charge in [0.1, 0.15) is 0 Å². The normalized spacial score (nSPS) is 21.7. The highest BCUT2D eigenvalue weighted by atomic mass is 16.2. The maximum atomic E-state index is 11.5. The van der Waals surface area contributed by atoms with Crippen LogP contribution >= 0.6 is 0 Å². The van der Waals surface area contributed by atoms with Crippen LogP contribution in [0.1, 0.15) is 12.8 Å². The van der Waals surface area contributed by atoms with Gasteiger partial charge in [-0.2, -0.15) is 0 Å². The summed E-state index contributed by atoms with van der Waals surface area (Å²) in [5.41, 5.74) is 2.78. The molecule has 1 saturated heterocycles. The molecular formula is C9H13N3O. The lowest BCUT2D eigenvalue weighted by molar-refractivity contribution is -0.118. The van der Waals surface area contributed by atoms with Crippen LogP contribution in [0.2, 0.25) is 0 Å². The molecule has 0 saturated carbocycles. The van der Waals surface area contributed by atoms with E-state index in [0.717, 1.165) is 19.4 Å². The molecule has 1 aliphatic rings. The number of carbonyl (C=O) groups excluding carboxylic acids is 1. The lowest BCUT2D eigenvalue weighted by Crippen LogP contribution is -2.38. The van der Waals surface area contributed by atoms with Gasteiger partial charge in [-0.25, -0.2) is 0 Å². The predicted molar refractivity (Wildman–Crippen MR) is 49.8 cm³/mol. The molecule has 1 atom stereocenters.